The lowest BCUT2D eigenvalue weighted by Crippen LogP contribution is -2.36. The minimum absolute atomic E-state index is 0.0168. The van der Waals surface area contributed by atoms with Crippen molar-refractivity contribution in [1.29, 1.82) is 0 Å². The van der Waals surface area contributed by atoms with Gasteiger partial charge in [0, 0.05) is 36.9 Å². The van der Waals surface area contributed by atoms with Crippen molar-refractivity contribution in [3.8, 4) is 0 Å². The van der Waals surface area contributed by atoms with Crippen LogP contribution in [0.2, 0.25) is 5.02 Å². The molecular weight excluding hydrogens is 334 g/mol. The number of hydrogen-bond acceptors (Lipinski definition) is 3. The zero-order valence-corrected chi connectivity index (χ0v) is 15.6. The molecule has 2 aromatic rings. The van der Waals surface area contributed by atoms with Gasteiger partial charge in [0.05, 0.1) is 6.54 Å². The van der Waals surface area contributed by atoms with Crippen LogP contribution in [-0.4, -0.2) is 32.6 Å². The van der Waals surface area contributed by atoms with E-state index in [1.165, 1.54) is 5.69 Å². The average molecular weight is 360 g/mol. The van der Waals surface area contributed by atoms with Gasteiger partial charge in [0.25, 0.3) is 0 Å². The van der Waals surface area contributed by atoms with E-state index in [1.54, 1.807) is 0 Å². The Balaban J connectivity index is 1.61. The molecule has 0 aliphatic carbocycles. The molecule has 0 aliphatic heterocycles. The van der Waals surface area contributed by atoms with Crippen LogP contribution in [0.5, 0.6) is 0 Å². The molecule has 0 unspecified atom stereocenters. The van der Waals surface area contributed by atoms with Crippen LogP contribution in [-0.2, 0) is 4.79 Å². The van der Waals surface area contributed by atoms with E-state index in [1.807, 2.05) is 49.4 Å². The summed E-state index contributed by atoms with van der Waals surface area (Å²) < 4.78 is 0. The molecule has 2 N–H and O–H groups in total. The summed E-state index contributed by atoms with van der Waals surface area (Å²) in [7, 11) is 2.06. The molecule has 0 bridgehead atoms. The third-order valence-corrected chi connectivity index (χ3v) is 4.38. The maximum Gasteiger partial charge on any atom is 0.233 e. The maximum atomic E-state index is 11.9. The third kappa shape index (κ3) is 6.77. The molecule has 0 fully saturated rings. The van der Waals surface area contributed by atoms with Gasteiger partial charge in [-0.1, -0.05) is 41.9 Å². The first-order chi connectivity index (χ1) is 12.1. The highest BCUT2D eigenvalue weighted by atomic mass is 35.5. The molecule has 2 rings (SSSR count). The minimum atomic E-state index is 0.0168. The lowest BCUT2D eigenvalue weighted by molar-refractivity contribution is -0.120. The standard InChI is InChI=1S/C20H26ClN3O/c1-16(17-9-11-18(21)12-10-17)23-15-20(25)22-13-6-14-24(2)19-7-4-3-5-8-19/h3-5,7-12,16,23H,6,13-15H2,1-2H3,(H,22,25)/t16-/m0/s1. The van der Waals surface area contributed by atoms with Crippen molar-refractivity contribution in [3.63, 3.8) is 0 Å². The Labute approximate surface area is 155 Å². The lowest BCUT2D eigenvalue weighted by Gasteiger charge is -2.19. The minimum Gasteiger partial charge on any atom is -0.375 e. The fourth-order valence-corrected chi connectivity index (χ4v) is 2.66. The molecular formula is C20H26ClN3O. The molecule has 4 nitrogen and oxygen atoms in total. The molecule has 0 spiro atoms. The average Bonchev–Trinajstić information content (AvgIpc) is 2.64. The van der Waals surface area contributed by atoms with Crippen molar-refractivity contribution in [2.75, 3.05) is 31.6 Å². The number of nitrogens with one attached hydrogen (secondary N) is 2. The van der Waals surface area contributed by atoms with E-state index in [2.05, 4.69) is 34.7 Å². The van der Waals surface area contributed by atoms with Crippen LogP contribution < -0.4 is 15.5 Å². The normalized spacial score (nSPS) is 11.8. The van der Waals surface area contributed by atoms with Gasteiger partial charge in [-0.3, -0.25) is 4.79 Å². The van der Waals surface area contributed by atoms with Crippen molar-refractivity contribution in [2.45, 2.75) is 19.4 Å². The summed E-state index contributed by atoms with van der Waals surface area (Å²) in [4.78, 5) is 14.1. The van der Waals surface area contributed by atoms with Gasteiger partial charge >= 0.3 is 0 Å². The van der Waals surface area contributed by atoms with E-state index in [-0.39, 0.29) is 11.9 Å². The zero-order valence-electron chi connectivity index (χ0n) is 14.8. The lowest BCUT2D eigenvalue weighted by atomic mass is 10.1. The zero-order chi connectivity index (χ0) is 18.1. The first kappa shape index (κ1) is 19.3. The number of halogens is 1. The number of rotatable bonds is 9. The van der Waals surface area contributed by atoms with Crippen LogP contribution in [0.1, 0.15) is 24.9 Å². The van der Waals surface area contributed by atoms with Gasteiger partial charge < -0.3 is 15.5 Å². The third-order valence-electron chi connectivity index (χ3n) is 4.13. The highest BCUT2D eigenvalue weighted by Gasteiger charge is 2.07. The van der Waals surface area contributed by atoms with E-state index in [0.29, 0.717) is 18.1 Å². The Morgan fingerprint density at radius 3 is 2.48 bits per heavy atom. The van der Waals surface area contributed by atoms with Crippen LogP contribution in [0.25, 0.3) is 0 Å². The number of carbonyl (C=O) groups is 1. The second kappa shape index (κ2) is 10.1. The molecule has 0 aliphatic rings. The number of amides is 1. The quantitative estimate of drug-likeness (QED) is 0.672. The van der Waals surface area contributed by atoms with Crippen LogP contribution in [0.15, 0.2) is 54.6 Å². The first-order valence-electron chi connectivity index (χ1n) is 8.58. The summed E-state index contributed by atoms with van der Waals surface area (Å²) in [6, 6.07) is 18.0. The van der Waals surface area contributed by atoms with Gasteiger partial charge in [-0.2, -0.15) is 0 Å². The monoisotopic (exact) mass is 359 g/mol. The molecule has 0 saturated carbocycles. The summed E-state index contributed by atoms with van der Waals surface area (Å²) in [5.41, 5.74) is 2.30. The smallest absolute Gasteiger partial charge is 0.233 e. The van der Waals surface area contributed by atoms with E-state index >= 15 is 0 Å². The molecule has 134 valence electrons. The SMILES string of the molecule is C[C@H](NCC(=O)NCCCN(C)c1ccccc1)c1ccc(Cl)cc1. The predicted octanol–water partition coefficient (Wildman–Crippen LogP) is 3.63. The molecule has 5 heteroatoms. The van der Waals surface area contributed by atoms with Gasteiger partial charge in [-0.25, -0.2) is 0 Å². The van der Waals surface area contributed by atoms with Gasteiger partial charge in [-0.05, 0) is 43.2 Å². The van der Waals surface area contributed by atoms with Gasteiger partial charge in [0.2, 0.25) is 5.91 Å². The molecule has 0 radical (unpaired) electrons. The van der Waals surface area contributed by atoms with Crippen LogP contribution in [0.4, 0.5) is 5.69 Å². The first-order valence-corrected chi connectivity index (χ1v) is 8.96. The Morgan fingerprint density at radius 2 is 1.80 bits per heavy atom. The summed E-state index contributed by atoms with van der Waals surface area (Å²) in [5, 5.41) is 6.90. The Hall–Kier alpha value is -2.04. The van der Waals surface area contributed by atoms with Gasteiger partial charge in [-0.15, -0.1) is 0 Å². The molecule has 25 heavy (non-hydrogen) atoms. The van der Waals surface area contributed by atoms with Crippen molar-refractivity contribution in [1.82, 2.24) is 10.6 Å². The Kier molecular flexibility index (Phi) is 7.76. The van der Waals surface area contributed by atoms with E-state index in [4.69, 9.17) is 11.6 Å². The van der Waals surface area contributed by atoms with Crippen LogP contribution in [0, 0.1) is 0 Å². The second-order valence-electron chi connectivity index (χ2n) is 6.11. The molecule has 0 heterocycles. The van der Waals surface area contributed by atoms with Crippen LogP contribution in [0.3, 0.4) is 0 Å². The summed E-state index contributed by atoms with van der Waals surface area (Å²) in [6.07, 6.45) is 0.907. The summed E-state index contributed by atoms with van der Waals surface area (Å²) in [6.45, 7) is 3.91. The number of carbonyl (C=O) groups excluding carboxylic acids is 1. The molecule has 1 amide bonds. The largest absolute Gasteiger partial charge is 0.375 e. The molecule has 0 saturated heterocycles. The maximum absolute atomic E-state index is 11.9. The van der Waals surface area contributed by atoms with Crippen molar-refractivity contribution in [2.24, 2.45) is 0 Å². The van der Waals surface area contributed by atoms with Gasteiger partial charge in [0.1, 0.15) is 0 Å². The van der Waals surface area contributed by atoms with E-state index < -0.39 is 0 Å². The number of para-hydroxylation sites is 1. The number of nitrogens with zero attached hydrogens (tertiary/aromatic N) is 1. The Morgan fingerprint density at radius 1 is 1.12 bits per heavy atom. The van der Waals surface area contributed by atoms with E-state index in [0.717, 1.165) is 18.5 Å². The summed E-state index contributed by atoms with van der Waals surface area (Å²) in [5.74, 6) is 0.0168. The number of hydrogen-bond donors (Lipinski definition) is 2. The fourth-order valence-electron chi connectivity index (χ4n) is 2.53. The summed E-state index contributed by atoms with van der Waals surface area (Å²) >= 11 is 5.89. The number of anilines is 1. The topological polar surface area (TPSA) is 44.4 Å². The van der Waals surface area contributed by atoms with Crippen molar-refractivity contribution < 1.29 is 4.79 Å². The van der Waals surface area contributed by atoms with Gasteiger partial charge in [0.15, 0.2) is 0 Å². The molecule has 1 atom stereocenters. The fraction of sp³-hybridized carbons (Fsp3) is 0.350. The predicted molar refractivity (Wildman–Crippen MR) is 105 cm³/mol. The van der Waals surface area contributed by atoms with E-state index in [9.17, 15) is 4.79 Å². The van der Waals surface area contributed by atoms with Crippen molar-refractivity contribution in [3.05, 3.63) is 65.2 Å². The molecule has 2 aromatic carbocycles. The number of benzene rings is 2. The molecule has 0 aromatic heterocycles. The van der Waals surface area contributed by atoms with Crippen LogP contribution >= 0.6 is 11.6 Å². The Bertz CT molecular complexity index is 646. The second-order valence-corrected chi connectivity index (χ2v) is 6.55. The highest BCUT2D eigenvalue weighted by molar-refractivity contribution is 6.30. The van der Waals surface area contributed by atoms with Crippen molar-refractivity contribution >= 4 is 23.2 Å². The highest BCUT2D eigenvalue weighted by Crippen LogP contribution is 2.15.